The Balaban J connectivity index is 1.13. The summed E-state index contributed by atoms with van der Waals surface area (Å²) < 4.78 is 0. The maximum atomic E-state index is 13.1. The molecule has 5 aliphatic carbocycles. The van der Waals surface area contributed by atoms with Crippen LogP contribution in [0.15, 0.2) is 0 Å². The van der Waals surface area contributed by atoms with Crippen LogP contribution in [0.1, 0.15) is 96.3 Å². The molecule has 1 heterocycles. The molecule has 4 nitrogen and oxygen atoms in total. The highest BCUT2D eigenvalue weighted by Gasteiger charge is 2.56. The van der Waals surface area contributed by atoms with E-state index in [1.807, 2.05) is 0 Å². The van der Waals surface area contributed by atoms with E-state index in [2.05, 4.69) is 10.6 Å². The van der Waals surface area contributed by atoms with E-state index in [0.717, 1.165) is 55.4 Å². The lowest BCUT2D eigenvalue weighted by molar-refractivity contribution is -0.134. The van der Waals surface area contributed by atoms with E-state index in [0.29, 0.717) is 23.9 Å². The monoisotopic (exact) mass is 428 g/mol. The Kier molecular flexibility index (Phi) is 5.83. The summed E-state index contributed by atoms with van der Waals surface area (Å²) >= 11 is 0. The van der Waals surface area contributed by atoms with Crippen molar-refractivity contribution in [3.8, 4) is 0 Å². The van der Waals surface area contributed by atoms with Gasteiger partial charge in [-0.2, -0.15) is 0 Å². The Morgan fingerprint density at radius 3 is 2.39 bits per heavy atom. The van der Waals surface area contributed by atoms with Crippen LogP contribution in [0, 0.1) is 41.4 Å². The topological polar surface area (TPSA) is 61.4 Å². The maximum absolute atomic E-state index is 13.1. The Bertz CT molecular complexity index is 662. The molecular weight excluding hydrogens is 384 g/mol. The molecule has 0 bridgehead atoms. The Morgan fingerprint density at radius 1 is 0.742 bits per heavy atom. The van der Waals surface area contributed by atoms with Gasteiger partial charge in [0.1, 0.15) is 0 Å². The first-order valence-corrected chi connectivity index (χ1v) is 13.9. The molecule has 1 aliphatic heterocycles. The lowest BCUT2D eigenvalue weighted by Gasteiger charge is -2.49. The van der Waals surface area contributed by atoms with Crippen LogP contribution in [0.4, 0.5) is 0 Å². The van der Waals surface area contributed by atoms with Crippen molar-refractivity contribution in [1.82, 2.24) is 10.6 Å². The minimum absolute atomic E-state index is 0.151. The van der Waals surface area contributed by atoms with E-state index < -0.39 is 6.10 Å². The molecule has 0 radical (unpaired) electrons. The number of hydrogen-bond donors (Lipinski definition) is 3. The van der Waals surface area contributed by atoms with E-state index >= 15 is 0 Å². The molecule has 0 aromatic carbocycles. The number of carbonyl (C=O) groups excluding carboxylic acids is 1. The molecule has 5 saturated carbocycles. The summed E-state index contributed by atoms with van der Waals surface area (Å²) in [5.41, 5.74) is 0. The Morgan fingerprint density at radius 2 is 1.52 bits per heavy atom. The third-order valence-corrected chi connectivity index (χ3v) is 10.9. The molecule has 1 amide bonds. The third kappa shape index (κ3) is 3.78. The summed E-state index contributed by atoms with van der Waals surface area (Å²) in [7, 11) is 0. The highest BCUT2D eigenvalue weighted by atomic mass is 16.3. The number of carbonyl (C=O) groups is 1. The maximum Gasteiger partial charge on any atom is 0.225 e. The van der Waals surface area contributed by atoms with Crippen molar-refractivity contribution in [3.05, 3.63) is 0 Å². The van der Waals surface area contributed by atoms with Crippen molar-refractivity contribution in [2.75, 3.05) is 0 Å². The molecular formula is C27H44N2O2. The van der Waals surface area contributed by atoms with Crippen molar-refractivity contribution in [3.63, 3.8) is 0 Å². The predicted molar refractivity (Wildman–Crippen MR) is 122 cm³/mol. The van der Waals surface area contributed by atoms with Crippen LogP contribution < -0.4 is 10.6 Å². The van der Waals surface area contributed by atoms with Gasteiger partial charge in [0.15, 0.2) is 0 Å². The fourth-order valence-corrected chi connectivity index (χ4v) is 9.53. The standard InChI is InChI=1S/C27H44N2O2/c30-24-15-21-17(14-22(24)27(31)28-18-7-2-1-3-8-18)10-12-20-25-19-9-5-4-6-16(19)11-13-23(25)29-26(20)21/h16-26,29-30H,1-15H2,(H,28,31). The van der Waals surface area contributed by atoms with Crippen LogP contribution in [-0.2, 0) is 4.79 Å². The molecule has 6 rings (SSSR count). The normalized spacial score (nSPS) is 50.0. The van der Waals surface area contributed by atoms with E-state index in [-0.39, 0.29) is 11.8 Å². The van der Waals surface area contributed by atoms with E-state index in [1.54, 1.807) is 0 Å². The number of rotatable bonds is 2. The zero-order valence-electron chi connectivity index (χ0n) is 19.3. The molecule has 1 saturated heterocycles. The van der Waals surface area contributed by atoms with Crippen LogP contribution in [-0.4, -0.2) is 35.2 Å². The largest absolute Gasteiger partial charge is 0.392 e. The summed E-state index contributed by atoms with van der Waals surface area (Å²) in [6, 6.07) is 1.69. The molecule has 10 atom stereocenters. The van der Waals surface area contributed by atoms with Gasteiger partial charge in [-0.15, -0.1) is 0 Å². The van der Waals surface area contributed by atoms with Crippen molar-refractivity contribution in [1.29, 1.82) is 0 Å². The van der Waals surface area contributed by atoms with Crippen LogP contribution in [0.2, 0.25) is 0 Å². The van der Waals surface area contributed by atoms with Gasteiger partial charge in [0.2, 0.25) is 5.91 Å². The SMILES string of the molecule is O=C(NC1CCCCC1)C1CC2CCC3C(NC4CCC5CCCCC5C43)C2CC1O. The molecule has 10 unspecified atom stereocenters. The molecule has 174 valence electrons. The molecule has 4 heteroatoms. The minimum Gasteiger partial charge on any atom is -0.392 e. The molecule has 6 aliphatic rings. The highest BCUT2D eigenvalue weighted by molar-refractivity contribution is 5.79. The van der Waals surface area contributed by atoms with E-state index in [9.17, 15) is 9.90 Å². The smallest absolute Gasteiger partial charge is 0.225 e. The van der Waals surface area contributed by atoms with E-state index in [4.69, 9.17) is 0 Å². The van der Waals surface area contributed by atoms with Gasteiger partial charge in [0.05, 0.1) is 12.0 Å². The van der Waals surface area contributed by atoms with Crippen molar-refractivity contribution < 1.29 is 9.90 Å². The molecule has 0 aromatic heterocycles. The number of nitrogens with one attached hydrogen (secondary N) is 2. The Labute approximate surface area is 188 Å². The molecule has 31 heavy (non-hydrogen) atoms. The van der Waals surface area contributed by atoms with Gasteiger partial charge in [0, 0.05) is 18.1 Å². The number of hydrogen-bond acceptors (Lipinski definition) is 3. The van der Waals surface area contributed by atoms with Crippen LogP contribution in [0.5, 0.6) is 0 Å². The predicted octanol–water partition coefficient (Wildman–Crippen LogP) is 4.41. The zero-order valence-corrected chi connectivity index (χ0v) is 19.3. The number of aliphatic hydroxyl groups is 1. The number of amides is 1. The Hall–Kier alpha value is -0.610. The highest BCUT2D eigenvalue weighted by Crippen LogP contribution is 2.56. The van der Waals surface area contributed by atoms with Crippen LogP contribution >= 0.6 is 0 Å². The second kappa shape index (κ2) is 8.63. The fourth-order valence-electron chi connectivity index (χ4n) is 9.53. The van der Waals surface area contributed by atoms with Gasteiger partial charge in [-0.1, -0.05) is 38.5 Å². The van der Waals surface area contributed by atoms with Gasteiger partial charge in [-0.3, -0.25) is 4.79 Å². The van der Waals surface area contributed by atoms with Crippen molar-refractivity contribution >= 4 is 5.91 Å². The summed E-state index contributed by atoms with van der Waals surface area (Å²) in [4.78, 5) is 13.1. The lowest BCUT2D eigenvalue weighted by Crippen LogP contribution is -2.53. The molecule has 3 N–H and O–H groups in total. The molecule has 0 aromatic rings. The molecule has 6 fully saturated rings. The van der Waals surface area contributed by atoms with Crippen molar-refractivity contribution in [2.24, 2.45) is 41.4 Å². The first-order valence-electron chi connectivity index (χ1n) is 13.9. The van der Waals surface area contributed by atoms with Gasteiger partial charge in [0.25, 0.3) is 0 Å². The van der Waals surface area contributed by atoms with Crippen LogP contribution in [0.3, 0.4) is 0 Å². The second-order valence-electron chi connectivity index (χ2n) is 12.3. The van der Waals surface area contributed by atoms with Crippen LogP contribution in [0.25, 0.3) is 0 Å². The average molecular weight is 429 g/mol. The second-order valence-corrected chi connectivity index (χ2v) is 12.3. The quantitative estimate of drug-likeness (QED) is 0.611. The fraction of sp³-hybridized carbons (Fsp3) is 0.963. The summed E-state index contributed by atoms with van der Waals surface area (Å²) in [5, 5.41) is 18.5. The third-order valence-electron chi connectivity index (χ3n) is 10.9. The minimum atomic E-state index is -0.449. The lowest BCUT2D eigenvalue weighted by atomic mass is 9.56. The first-order chi connectivity index (χ1) is 15.2. The molecule has 0 spiro atoms. The average Bonchev–Trinajstić information content (AvgIpc) is 3.19. The number of aliphatic hydroxyl groups excluding tert-OH is 1. The van der Waals surface area contributed by atoms with Gasteiger partial charge in [-0.25, -0.2) is 0 Å². The zero-order chi connectivity index (χ0) is 20.9. The summed E-state index contributed by atoms with van der Waals surface area (Å²) in [6.07, 6.45) is 18.7. The van der Waals surface area contributed by atoms with Crippen molar-refractivity contribution in [2.45, 2.75) is 121 Å². The summed E-state index contributed by atoms with van der Waals surface area (Å²) in [5.74, 6) is 4.88. The number of fused-ring (bicyclic) bond motifs is 7. The van der Waals surface area contributed by atoms with Gasteiger partial charge < -0.3 is 15.7 Å². The summed E-state index contributed by atoms with van der Waals surface area (Å²) in [6.45, 7) is 0. The van der Waals surface area contributed by atoms with Gasteiger partial charge >= 0.3 is 0 Å². The van der Waals surface area contributed by atoms with E-state index in [1.165, 1.54) is 70.6 Å². The first kappa shape index (κ1) is 21.0. The van der Waals surface area contributed by atoms with Gasteiger partial charge in [-0.05, 0) is 93.3 Å².